The maximum Gasteiger partial charge on any atom is 0.255 e. The molecule has 1 aromatic carbocycles. The van der Waals surface area contributed by atoms with Crippen molar-refractivity contribution in [1.29, 1.82) is 0 Å². The Morgan fingerprint density at radius 3 is 2.85 bits per heavy atom. The topological polar surface area (TPSA) is 38.3 Å². The van der Waals surface area contributed by atoms with Gasteiger partial charge in [0, 0.05) is 16.9 Å². The molecule has 0 aliphatic heterocycles. The smallest absolute Gasteiger partial charge is 0.255 e. The zero-order chi connectivity index (χ0) is 14.5. The van der Waals surface area contributed by atoms with Gasteiger partial charge in [0.15, 0.2) is 0 Å². The minimum atomic E-state index is -0.125. The second kappa shape index (κ2) is 7.19. The quantitative estimate of drug-likeness (QED) is 0.856. The van der Waals surface area contributed by atoms with Crippen LogP contribution in [0.2, 0.25) is 5.02 Å². The van der Waals surface area contributed by atoms with Crippen molar-refractivity contribution in [3.8, 4) is 5.75 Å². The molecule has 0 bridgehead atoms. The molecule has 20 heavy (non-hydrogen) atoms. The highest BCUT2D eigenvalue weighted by atomic mass is 35.5. The summed E-state index contributed by atoms with van der Waals surface area (Å²) < 4.78 is 5.22. The van der Waals surface area contributed by atoms with Crippen LogP contribution < -0.4 is 10.1 Å². The lowest BCUT2D eigenvalue weighted by Gasteiger charge is -2.31. The van der Waals surface area contributed by atoms with Gasteiger partial charge in [-0.3, -0.25) is 4.79 Å². The van der Waals surface area contributed by atoms with Crippen LogP contribution >= 0.6 is 23.2 Å². The summed E-state index contributed by atoms with van der Waals surface area (Å²) in [5.74, 6) is 1.31. The largest absolute Gasteiger partial charge is 0.496 e. The van der Waals surface area contributed by atoms with E-state index in [1.165, 1.54) is 13.5 Å². The van der Waals surface area contributed by atoms with Crippen molar-refractivity contribution in [2.45, 2.75) is 31.7 Å². The third-order valence-electron chi connectivity index (χ3n) is 3.83. The zero-order valence-electron chi connectivity index (χ0n) is 11.5. The van der Waals surface area contributed by atoms with Gasteiger partial charge in [0.1, 0.15) is 5.75 Å². The number of amides is 1. The standard InChI is InChI=1S/C15H19Cl2NO2/c1-20-14-8-11(17)6-7-12(14)15(19)18-13-5-3-2-4-10(13)9-16/h6-8,10,13H,2-5,9H2,1H3,(H,18,19). The van der Waals surface area contributed by atoms with E-state index < -0.39 is 0 Å². The van der Waals surface area contributed by atoms with Gasteiger partial charge in [-0.1, -0.05) is 24.4 Å². The third-order valence-corrected chi connectivity index (χ3v) is 4.46. The summed E-state index contributed by atoms with van der Waals surface area (Å²) >= 11 is 11.9. The third kappa shape index (κ3) is 3.58. The second-order valence-corrected chi connectivity index (χ2v) is 5.87. The Labute approximate surface area is 129 Å². The van der Waals surface area contributed by atoms with Crippen molar-refractivity contribution < 1.29 is 9.53 Å². The summed E-state index contributed by atoms with van der Waals surface area (Å²) in [5, 5.41) is 3.63. The second-order valence-electron chi connectivity index (χ2n) is 5.12. The van der Waals surface area contributed by atoms with E-state index in [1.807, 2.05) is 0 Å². The fraction of sp³-hybridized carbons (Fsp3) is 0.533. The average Bonchev–Trinajstić information content (AvgIpc) is 2.47. The highest BCUT2D eigenvalue weighted by molar-refractivity contribution is 6.30. The molecule has 1 saturated carbocycles. The van der Waals surface area contributed by atoms with Crippen molar-refractivity contribution in [3.63, 3.8) is 0 Å². The van der Waals surface area contributed by atoms with Crippen LogP contribution in [0.5, 0.6) is 5.75 Å². The Hall–Kier alpha value is -0.930. The molecular formula is C15H19Cl2NO2. The highest BCUT2D eigenvalue weighted by Crippen LogP contribution is 2.27. The van der Waals surface area contributed by atoms with Crippen LogP contribution in [0.15, 0.2) is 18.2 Å². The monoisotopic (exact) mass is 315 g/mol. The molecule has 5 heteroatoms. The Morgan fingerprint density at radius 1 is 1.40 bits per heavy atom. The summed E-state index contributed by atoms with van der Waals surface area (Å²) in [6.07, 6.45) is 4.38. The fourth-order valence-electron chi connectivity index (χ4n) is 2.68. The van der Waals surface area contributed by atoms with Crippen molar-refractivity contribution >= 4 is 29.1 Å². The molecule has 0 heterocycles. The van der Waals surface area contributed by atoms with Crippen molar-refractivity contribution in [3.05, 3.63) is 28.8 Å². The van der Waals surface area contributed by atoms with Gasteiger partial charge < -0.3 is 10.1 Å². The molecule has 2 unspecified atom stereocenters. The Balaban J connectivity index is 2.11. The summed E-state index contributed by atoms with van der Waals surface area (Å²) in [4.78, 5) is 12.4. The van der Waals surface area contributed by atoms with Gasteiger partial charge in [0.05, 0.1) is 12.7 Å². The Bertz CT molecular complexity index is 479. The summed E-state index contributed by atoms with van der Waals surface area (Å²) in [5.41, 5.74) is 0.510. The van der Waals surface area contributed by atoms with Gasteiger partial charge in [-0.25, -0.2) is 0 Å². The van der Waals surface area contributed by atoms with Crippen LogP contribution in [0.4, 0.5) is 0 Å². The molecule has 3 nitrogen and oxygen atoms in total. The molecule has 1 N–H and O–H groups in total. The number of alkyl halides is 1. The van der Waals surface area contributed by atoms with Crippen molar-refractivity contribution in [2.24, 2.45) is 5.92 Å². The normalized spacial score (nSPS) is 22.4. The van der Waals surface area contributed by atoms with Crippen LogP contribution in [0, 0.1) is 5.92 Å². The van der Waals surface area contributed by atoms with Gasteiger partial charge in [-0.05, 0) is 37.0 Å². The molecule has 0 spiro atoms. The van der Waals surface area contributed by atoms with E-state index in [4.69, 9.17) is 27.9 Å². The molecule has 1 fully saturated rings. The van der Waals surface area contributed by atoms with Gasteiger partial charge in [-0.15, -0.1) is 11.6 Å². The first-order valence-electron chi connectivity index (χ1n) is 6.86. The summed E-state index contributed by atoms with van der Waals surface area (Å²) in [6.45, 7) is 0. The number of hydrogen-bond acceptors (Lipinski definition) is 2. The summed E-state index contributed by atoms with van der Waals surface area (Å²) in [6, 6.07) is 5.18. The number of halogens is 2. The van der Waals surface area contributed by atoms with E-state index >= 15 is 0 Å². The van der Waals surface area contributed by atoms with E-state index in [2.05, 4.69) is 5.32 Å². The van der Waals surface area contributed by atoms with Crippen molar-refractivity contribution in [1.82, 2.24) is 5.32 Å². The zero-order valence-corrected chi connectivity index (χ0v) is 13.0. The number of ether oxygens (including phenoxy) is 1. The van der Waals surface area contributed by atoms with Crippen LogP contribution in [-0.4, -0.2) is 24.9 Å². The number of nitrogens with one attached hydrogen (secondary N) is 1. The van der Waals surface area contributed by atoms with Gasteiger partial charge in [0.2, 0.25) is 0 Å². The van der Waals surface area contributed by atoms with E-state index in [-0.39, 0.29) is 11.9 Å². The highest BCUT2D eigenvalue weighted by Gasteiger charge is 2.26. The molecule has 2 rings (SSSR count). The number of rotatable bonds is 4. The molecule has 1 aliphatic carbocycles. The predicted octanol–water partition coefficient (Wildman–Crippen LogP) is 3.88. The molecular weight excluding hydrogens is 297 g/mol. The fourth-order valence-corrected chi connectivity index (χ4v) is 3.21. The van der Waals surface area contributed by atoms with E-state index in [1.54, 1.807) is 18.2 Å². The molecule has 0 radical (unpaired) electrons. The first-order chi connectivity index (χ1) is 9.65. The van der Waals surface area contributed by atoms with Gasteiger partial charge >= 0.3 is 0 Å². The average molecular weight is 316 g/mol. The number of carbonyl (C=O) groups excluding carboxylic acids is 1. The lowest BCUT2D eigenvalue weighted by atomic mass is 9.85. The number of hydrogen-bond donors (Lipinski definition) is 1. The SMILES string of the molecule is COc1cc(Cl)ccc1C(=O)NC1CCCCC1CCl. The van der Waals surface area contributed by atoms with Crippen LogP contribution in [0.25, 0.3) is 0 Å². The minimum absolute atomic E-state index is 0.125. The van der Waals surface area contributed by atoms with Gasteiger partial charge in [-0.2, -0.15) is 0 Å². The molecule has 2 atom stereocenters. The van der Waals surface area contributed by atoms with E-state index in [0.717, 1.165) is 19.3 Å². The van der Waals surface area contributed by atoms with Crippen LogP contribution in [0.1, 0.15) is 36.0 Å². The lowest BCUT2D eigenvalue weighted by molar-refractivity contribution is 0.0908. The number of benzene rings is 1. The minimum Gasteiger partial charge on any atom is -0.496 e. The first-order valence-corrected chi connectivity index (χ1v) is 7.77. The maximum atomic E-state index is 12.4. The molecule has 110 valence electrons. The van der Waals surface area contributed by atoms with Crippen LogP contribution in [0.3, 0.4) is 0 Å². The summed E-state index contributed by atoms with van der Waals surface area (Å²) in [7, 11) is 1.53. The molecule has 0 aromatic heterocycles. The predicted molar refractivity (Wildman–Crippen MR) is 81.9 cm³/mol. The Morgan fingerprint density at radius 2 is 2.15 bits per heavy atom. The molecule has 1 amide bonds. The number of carbonyl (C=O) groups is 1. The Kier molecular flexibility index (Phi) is 5.55. The molecule has 0 saturated heterocycles. The van der Waals surface area contributed by atoms with Crippen molar-refractivity contribution in [2.75, 3.05) is 13.0 Å². The number of methoxy groups -OCH3 is 1. The lowest BCUT2D eigenvalue weighted by Crippen LogP contribution is -2.42. The first kappa shape index (κ1) is 15.5. The molecule has 1 aliphatic rings. The van der Waals surface area contributed by atoms with E-state index in [0.29, 0.717) is 28.1 Å². The molecule has 1 aromatic rings. The van der Waals surface area contributed by atoms with Crippen LogP contribution in [-0.2, 0) is 0 Å². The van der Waals surface area contributed by atoms with Gasteiger partial charge in [0.25, 0.3) is 5.91 Å². The maximum absolute atomic E-state index is 12.4. The van der Waals surface area contributed by atoms with E-state index in [9.17, 15) is 4.79 Å².